The van der Waals surface area contributed by atoms with Gasteiger partial charge in [0.2, 0.25) is 0 Å². The van der Waals surface area contributed by atoms with Crippen molar-refractivity contribution < 1.29 is 0 Å². The van der Waals surface area contributed by atoms with E-state index >= 15 is 0 Å². The van der Waals surface area contributed by atoms with Gasteiger partial charge in [-0.15, -0.1) is 0 Å². The second-order valence-corrected chi connectivity index (χ2v) is 3.69. The van der Waals surface area contributed by atoms with Crippen LogP contribution < -0.4 is 5.32 Å². The lowest BCUT2D eigenvalue weighted by Gasteiger charge is -2.08. The molecule has 1 N–H and O–H groups in total. The summed E-state index contributed by atoms with van der Waals surface area (Å²) in [6.07, 6.45) is 7.07. The normalized spacial score (nSPS) is 20.9. The molecule has 1 aliphatic heterocycles. The van der Waals surface area contributed by atoms with E-state index < -0.39 is 0 Å². The molecule has 2 rings (SSSR count). The summed E-state index contributed by atoms with van der Waals surface area (Å²) in [5, 5.41) is 16.2. The lowest BCUT2D eigenvalue weighted by molar-refractivity contribution is 0.481. The van der Waals surface area contributed by atoms with Gasteiger partial charge in [-0.2, -0.15) is 10.4 Å². The van der Waals surface area contributed by atoms with Crippen molar-refractivity contribution in [3.63, 3.8) is 0 Å². The van der Waals surface area contributed by atoms with Gasteiger partial charge in [0.05, 0.1) is 11.8 Å². The summed E-state index contributed by atoms with van der Waals surface area (Å²) in [7, 11) is 0. The van der Waals surface area contributed by atoms with Crippen molar-refractivity contribution in [1.29, 1.82) is 5.26 Å². The molecule has 4 heteroatoms. The minimum absolute atomic E-state index is 0.643. The maximum atomic E-state index is 8.62. The van der Waals surface area contributed by atoms with E-state index in [1.165, 1.54) is 12.8 Å². The molecule has 0 aliphatic carbocycles. The number of hydrogen-bond donors (Lipinski definition) is 1. The Labute approximate surface area is 83.5 Å². The van der Waals surface area contributed by atoms with Gasteiger partial charge >= 0.3 is 0 Å². The Morgan fingerprint density at radius 2 is 2.64 bits per heavy atom. The fourth-order valence-corrected chi connectivity index (χ4v) is 1.83. The molecule has 0 bridgehead atoms. The molecule has 74 valence electrons. The van der Waals surface area contributed by atoms with Crippen molar-refractivity contribution in [2.75, 3.05) is 6.54 Å². The minimum Gasteiger partial charge on any atom is -0.314 e. The van der Waals surface area contributed by atoms with Crippen molar-refractivity contribution in [3.05, 3.63) is 18.0 Å². The van der Waals surface area contributed by atoms with Gasteiger partial charge in [-0.3, -0.25) is 4.68 Å². The monoisotopic (exact) mass is 190 g/mol. The van der Waals surface area contributed by atoms with E-state index in [0.29, 0.717) is 11.6 Å². The third kappa shape index (κ3) is 2.12. The Bertz CT molecular complexity index is 330. The predicted molar refractivity (Wildman–Crippen MR) is 52.6 cm³/mol. The topological polar surface area (TPSA) is 53.6 Å². The third-order valence-electron chi connectivity index (χ3n) is 2.63. The molecule has 0 spiro atoms. The zero-order chi connectivity index (χ0) is 9.80. The summed E-state index contributed by atoms with van der Waals surface area (Å²) < 4.78 is 1.85. The lowest BCUT2D eigenvalue weighted by atomic mass is 10.1. The average molecular weight is 190 g/mol. The summed E-state index contributed by atoms with van der Waals surface area (Å²) in [5.41, 5.74) is 0.643. The molecule has 1 unspecified atom stereocenters. The summed E-state index contributed by atoms with van der Waals surface area (Å²) in [6.45, 7) is 2.05. The molecule has 1 aliphatic rings. The summed E-state index contributed by atoms with van der Waals surface area (Å²) in [5.74, 6) is 0. The standard InChI is InChI=1S/C10H14N4/c11-6-9-7-13-14(8-9)5-3-10-2-1-4-12-10/h7-8,10,12H,1-5H2. The first kappa shape index (κ1) is 9.22. The highest BCUT2D eigenvalue weighted by Gasteiger charge is 2.13. The highest BCUT2D eigenvalue weighted by Crippen LogP contribution is 2.09. The predicted octanol–water partition coefficient (Wildman–Crippen LogP) is 0.897. The van der Waals surface area contributed by atoms with Crippen LogP contribution in [-0.4, -0.2) is 22.4 Å². The van der Waals surface area contributed by atoms with Crippen LogP contribution in [0, 0.1) is 11.3 Å². The number of hydrogen-bond acceptors (Lipinski definition) is 3. The molecule has 0 radical (unpaired) electrons. The van der Waals surface area contributed by atoms with E-state index in [1.54, 1.807) is 12.4 Å². The first-order valence-electron chi connectivity index (χ1n) is 5.04. The van der Waals surface area contributed by atoms with Crippen molar-refractivity contribution in [2.24, 2.45) is 0 Å². The largest absolute Gasteiger partial charge is 0.314 e. The first-order chi connectivity index (χ1) is 6.88. The van der Waals surface area contributed by atoms with Crippen LogP contribution in [0.5, 0.6) is 0 Å². The molecule has 0 saturated carbocycles. The number of aromatic nitrogens is 2. The number of nitriles is 1. The molecule has 1 aromatic rings. The Kier molecular flexibility index (Phi) is 2.80. The smallest absolute Gasteiger partial charge is 0.102 e. The molecule has 0 aromatic carbocycles. The number of nitrogens with zero attached hydrogens (tertiary/aromatic N) is 3. The number of rotatable bonds is 3. The first-order valence-corrected chi connectivity index (χ1v) is 5.04. The molecule has 1 saturated heterocycles. The second kappa shape index (κ2) is 4.25. The third-order valence-corrected chi connectivity index (χ3v) is 2.63. The molecule has 2 heterocycles. The van der Waals surface area contributed by atoms with Crippen molar-refractivity contribution in [2.45, 2.75) is 31.8 Å². The number of aryl methyl sites for hydroxylation is 1. The van der Waals surface area contributed by atoms with Crippen LogP contribution in [0.1, 0.15) is 24.8 Å². The Balaban J connectivity index is 1.82. The quantitative estimate of drug-likeness (QED) is 0.770. The zero-order valence-electron chi connectivity index (χ0n) is 8.11. The highest BCUT2D eigenvalue weighted by atomic mass is 15.3. The van der Waals surface area contributed by atoms with Gasteiger partial charge < -0.3 is 5.32 Å². The van der Waals surface area contributed by atoms with Gasteiger partial charge in [0.15, 0.2) is 0 Å². The molecular weight excluding hydrogens is 176 g/mol. The molecule has 4 nitrogen and oxygen atoms in total. The van der Waals surface area contributed by atoms with Gasteiger partial charge in [0, 0.05) is 18.8 Å². The SMILES string of the molecule is N#Cc1cnn(CCC2CCCN2)c1. The Hall–Kier alpha value is -1.34. The fraction of sp³-hybridized carbons (Fsp3) is 0.600. The maximum absolute atomic E-state index is 8.62. The average Bonchev–Trinajstić information content (AvgIpc) is 2.86. The molecule has 1 atom stereocenters. The van der Waals surface area contributed by atoms with E-state index in [2.05, 4.69) is 16.5 Å². The lowest BCUT2D eigenvalue weighted by Crippen LogP contribution is -2.22. The van der Waals surface area contributed by atoms with Gasteiger partial charge in [-0.25, -0.2) is 0 Å². The van der Waals surface area contributed by atoms with Gasteiger partial charge in [-0.1, -0.05) is 0 Å². The van der Waals surface area contributed by atoms with E-state index in [9.17, 15) is 0 Å². The molecule has 1 fully saturated rings. The van der Waals surface area contributed by atoms with Crippen LogP contribution in [-0.2, 0) is 6.54 Å². The van der Waals surface area contributed by atoms with Crippen LogP contribution >= 0.6 is 0 Å². The zero-order valence-corrected chi connectivity index (χ0v) is 8.11. The van der Waals surface area contributed by atoms with Crippen LogP contribution in [0.2, 0.25) is 0 Å². The summed E-state index contributed by atoms with van der Waals surface area (Å²) >= 11 is 0. The summed E-state index contributed by atoms with van der Waals surface area (Å²) in [6, 6.07) is 2.72. The van der Waals surface area contributed by atoms with E-state index in [-0.39, 0.29) is 0 Å². The molecule has 1 aromatic heterocycles. The van der Waals surface area contributed by atoms with Crippen molar-refractivity contribution in [3.8, 4) is 6.07 Å². The highest BCUT2D eigenvalue weighted by molar-refractivity contribution is 5.21. The Morgan fingerprint density at radius 3 is 3.29 bits per heavy atom. The van der Waals surface area contributed by atoms with Gasteiger partial charge in [0.1, 0.15) is 6.07 Å². The molecule has 0 amide bonds. The van der Waals surface area contributed by atoms with Crippen LogP contribution in [0.3, 0.4) is 0 Å². The van der Waals surface area contributed by atoms with Crippen LogP contribution in [0.4, 0.5) is 0 Å². The molecular formula is C10H14N4. The maximum Gasteiger partial charge on any atom is 0.102 e. The van der Waals surface area contributed by atoms with Gasteiger partial charge in [0.25, 0.3) is 0 Å². The van der Waals surface area contributed by atoms with E-state index in [0.717, 1.165) is 19.5 Å². The van der Waals surface area contributed by atoms with E-state index in [4.69, 9.17) is 5.26 Å². The van der Waals surface area contributed by atoms with Crippen molar-refractivity contribution >= 4 is 0 Å². The van der Waals surface area contributed by atoms with E-state index in [1.807, 2.05) is 4.68 Å². The van der Waals surface area contributed by atoms with Crippen molar-refractivity contribution in [1.82, 2.24) is 15.1 Å². The van der Waals surface area contributed by atoms with Gasteiger partial charge in [-0.05, 0) is 25.8 Å². The Morgan fingerprint density at radius 1 is 1.71 bits per heavy atom. The second-order valence-electron chi connectivity index (χ2n) is 3.69. The molecule has 14 heavy (non-hydrogen) atoms. The minimum atomic E-state index is 0.643. The number of nitrogens with one attached hydrogen (secondary N) is 1. The summed E-state index contributed by atoms with van der Waals surface area (Å²) in [4.78, 5) is 0. The van der Waals surface area contributed by atoms with Crippen LogP contribution in [0.15, 0.2) is 12.4 Å². The fourth-order valence-electron chi connectivity index (χ4n) is 1.83. The van der Waals surface area contributed by atoms with Crippen LogP contribution in [0.25, 0.3) is 0 Å².